The van der Waals surface area contributed by atoms with Crippen LogP contribution in [0.5, 0.6) is 0 Å². The first-order valence-electron chi connectivity index (χ1n) is 5.50. The minimum Gasteiger partial charge on any atom is -0.359 e. The number of carbonyl (C=O) groups excluding carboxylic acids is 1. The molecule has 0 radical (unpaired) electrons. The Hall–Kier alpha value is -1.65. The van der Waals surface area contributed by atoms with Crippen LogP contribution in [0.25, 0.3) is 0 Å². The molecule has 0 spiro atoms. The van der Waals surface area contributed by atoms with Crippen molar-refractivity contribution in [2.45, 2.75) is 38.8 Å². The van der Waals surface area contributed by atoms with Crippen LogP contribution in [0.4, 0.5) is 5.82 Å². The monoisotopic (exact) mass is 220 g/mol. The van der Waals surface area contributed by atoms with Crippen LogP contribution in [-0.4, -0.2) is 28.0 Å². The molecule has 5 heteroatoms. The first-order valence-corrected chi connectivity index (χ1v) is 5.50. The Bertz CT molecular complexity index is 389. The van der Waals surface area contributed by atoms with E-state index < -0.39 is 0 Å². The lowest BCUT2D eigenvalue weighted by molar-refractivity contribution is -0.121. The average molecular weight is 220 g/mol. The van der Waals surface area contributed by atoms with Gasteiger partial charge >= 0.3 is 0 Å². The number of nitrogens with zero attached hydrogens (tertiary/aromatic N) is 2. The second-order valence-electron chi connectivity index (χ2n) is 4.19. The van der Waals surface area contributed by atoms with E-state index in [4.69, 9.17) is 0 Å². The maximum atomic E-state index is 11.7. The molecule has 0 bridgehead atoms. The largest absolute Gasteiger partial charge is 0.359 e. The number of amides is 1. The standard InChI is InChI=1S/C11H16N4O/c1-7-5-10(13-6-12-7)14-8(2)11(16)15-9-3-4-9/h5-6,8-9H,3-4H2,1-2H3,(H,15,16)(H,12,13,14). The number of hydrogen-bond acceptors (Lipinski definition) is 4. The van der Waals surface area contributed by atoms with Crippen LogP contribution in [0.1, 0.15) is 25.5 Å². The zero-order valence-corrected chi connectivity index (χ0v) is 9.53. The second kappa shape index (κ2) is 4.47. The third kappa shape index (κ3) is 2.92. The van der Waals surface area contributed by atoms with Gasteiger partial charge in [-0.15, -0.1) is 0 Å². The molecule has 5 nitrogen and oxygen atoms in total. The van der Waals surface area contributed by atoms with Crippen molar-refractivity contribution in [3.8, 4) is 0 Å². The lowest BCUT2D eigenvalue weighted by Gasteiger charge is -2.14. The summed E-state index contributed by atoms with van der Waals surface area (Å²) in [5.74, 6) is 0.713. The summed E-state index contributed by atoms with van der Waals surface area (Å²) in [6, 6.07) is 1.94. The predicted octanol–water partition coefficient (Wildman–Crippen LogP) is 0.864. The van der Waals surface area contributed by atoms with E-state index in [2.05, 4.69) is 20.6 Å². The van der Waals surface area contributed by atoms with Crippen molar-refractivity contribution in [1.82, 2.24) is 15.3 Å². The Morgan fingerprint density at radius 2 is 2.25 bits per heavy atom. The van der Waals surface area contributed by atoms with E-state index in [9.17, 15) is 4.79 Å². The van der Waals surface area contributed by atoms with Crippen LogP contribution < -0.4 is 10.6 Å². The van der Waals surface area contributed by atoms with Gasteiger partial charge in [0, 0.05) is 17.8 Å². The van der Waals surface area contributed by atoms with E-state index in [0.29, 0.717) is 11.9 Å². The van der Waals surface area contributed by atoms with Gasteiger partial charge in [0.05, 0.1) is 0 Å². The van der Waals surface area contributed by atoms with Crippen LogP contribution in [0.2, 0.25) is 0 Å². The Labute approximate surface area is 94.7 Å². The Morgan fingerprint density at radius 3 is 2.88 bits per heavy atom. The summed E-state index contributed by atoms with van der Waals surface area (Å²) in [4.78, 5) is 19.7. The Morgan fingerprint density at radius 1 is 1.50 bits per heavy atom. The Kier molecular flexibility index (Phi) is 3.03. The molecule has 1 aliphatic carbocycles. The molecule has 16 heavy (non-hydrogen) atoms. The number of anilines is 1. The Balaban J connectivity index is 1.90. The number of rotatable bonds is 4. The van der Waals surface area contributed by atoms with Crippen LogP contribution in [0.3, 0.4) is 0 Å². The van der Waals surface area contributed by atoms with Gasteiger partial charge in [0.1, 0.15) is 18.2 Å². The van der Waals surface area contributed by atoms with Gasteiger partial charge in [0.15, 0.2) is 0 Å². The summed E-state index contributed by atoms with van der Waals surface area (Å²) in [5.41, 5.74) is 0.882. The van der Waals surface area contributed by atoms with E-state index in [1.165, 1.54) is 6.33 Å². The zero-order chi connectivity index (χ0) is 11.5. The number of aromatic nitrogens is 2. The van der Waals surface area contributed by atoms with Gasteiger partial charge < -0.3 is 10.6 Å². The molecule has 0 aromatic carbocycles. The van der Waals surface area contributed by atoms with Gasteiger partial charge in [0.25, 0.3) is 0 Å². The van der Waals surface area contributed by atoms with Gasteiger partial charge in [-0.1, -0.05) is 0 Å². The first kappa shape index (κ1) is 10.9. The maximum Gasteiger partial charge on any atom is 0.242 e. The van der Waals surface area contributed by atoms with Crippen molar-refractivity contribution in [2.24, 2.45) is 0 Å². The smallest absolute Gasteiger partial charge is 0.242 e. The van der Waals surface area contributed by atoms with Crippen molar-refractivity contribution < 1.29 is 4.79 Å². The number of nitrogens with one attached hydrogen (secondary N) is 2. The molecule has 1 saturated carbocycles. The fourth-order valence-corrected chi connectivity index (χ4v) is 1.37. The minimum absolute atomic E-state index is 0.0266. The molecule has 1 aliphatic rings. The lowest BCUT2D eigenvalue weighted by atomic mass is 10.3. The highest BCUT2D eigenvalue weighted by Gasteiger charge is 2.25. The van der Waals surface area contributed by atoms with Crippen molar-refractivity contribution in [3.63, 3.8) is 0 Å². The number of aryl methyl sites for hydroxylation is 1. The van der Waals surface area contributed by atoms with Gasteiger partial charge in [0.2, 0.25) is 5.91 Å². The molecule has 0 aliphatic heterocycles. The molecule has 2 N–H and O–H groups in total. The van der Waals surface area contributed by atoms with Crippen molar-refractivity contribution >= 4 is 11.7 Å². The molecular weight excluding hydrogens is 204 g/mol. The van der Waals surface area contributed by atoms with Crippen molar-refractivity contribution in [1.29, 1.82) is 0 Å². The van der Waals surface area contributed by atoms with E-state index in [1.807, 2.05) is 19.9 Å². The highest BCUT2D eigenvalue weighted by Crippen LogP contribution is 2.18. The maximum absolute atomic E-state index is 11.7. The zero-order valence-electron chi connectivity index (χ0n) is 9.53. The van der Waals surface area contributed by atoms with E-state index in [-0.39, 0.29) is 11.9 Å². The van der Waals surface area contributed by atoms with Gasteiger partial charge in [-0.25, -0.2) is 9.97 Å². The number of carbonyl (C=O) groups is 1. The normalized spacial score (nSPS) is 16.6. The number of hydrogen-bond donors (Lipinski definition) is 2. The van der Waals surface area contributed by atoms with Crippen LogP contribution in [0.15, 0.2) is 12.4 Å². The van der Waals surface area contributed by atoms with Gasteiger partial charge in [-0.2, -0.15) is 0 Å². The molecule has 2 rings (SSSR count). The molecular formula is C11H16N4O. The van der Waals surface area contributed by atoms with Crippen LogP contribution in [0, 0.1) is 6.92 Å². The minimum atomic E-state index is -0.269. The molecule has 1 aromatic rings. The molecule has 1 aromatic heterocycles. The molecule has 1 fully saturated rings. The topological polar surface area (TPSA) is 66.9 Å². The summed E-state index contributed by atoms with van der Waals surface area (Å²) in [6.07, 6.45) is 3.69. The predicted molar refractivity (Wildman–Crippen MR) is 61.0 cm³/mol. The van der Waals surface area contributed by atoms with Gasteiger partial charge in [-0.3, -0.25) is 4.79 Å². The third-order valence-electron chi connectivity index (χ3n) is 2.49. The highest BCUT2D eigenvalue weighted by molar-refractivity contribution is 5.84. The summed E-state index contributed by atoms with van der Waals surface area (Å²) in [7, 11) is 0. The van der Waals surface area contributed by atoms with Crippen LogP contribution >= 0.6 is 0 Å². The third-order valence-corrected chi connectivity index (χ3v) is 2.49. The molecule has 1 atom stereocenters. The molecule has 86 valence electrons. The summed E-state index contributed by atoms with van der Waals surface area (Å²) >= 11 is 0. The summed E-state index contributed by atoms with van der Waals surface area (Å²) < 4.78 is 0. The lowest BCUT2D eigenvalue weighted by Crippen LogP contribution is -2.38. The van der Waals surface area contributed by atoms with E-state index in [1.54, 1.807) is 0 Å². The first-order chi connectivity index (χ1) is 7.65. The van der Waals surface area contributed by atoms with Gasteiger partial charge in [-0.05, 0) is 26.7 Å². The molecule has 0 saturated heterocycles. The SMILES string of the molecule is Cc1cc(NC(C)C(=O)NC2CC2)ncn1. The van der Waals surface area contributed by atoms with E-state index >= 15 is 0 Å². The van der Waals surface area contributed by atoms with E-state index in [0.717, 1.165) is 18.5 Å². The fraction of sp³-hybridized carbons (Fsp3) is 0.545. The van der Waals surface area contributed by atoms with Crippen LogP contribution in [-0.2, 0) is 4.79 Å². The average Bonchev–Trinajstić information content (AvgIpc) is 3.01. The molecule has 1 amide bonds. The molecule has 1 unspecified atom stereocenters. The van der Waals surface area contributed by atoms with Crippen molar-refractivity contribution in [3.05, 3.63) is 18.1 Å². The molecule has 1 heterocycles. The summed E-state index contributed by atoms with van der Waals surface area (Å²) in [6.45, 7) is 3.72. The summed E-state index contributed by atoms with van der Waals surface area (Å²) in [5, 5.41) is 6.00. The fourth-order valence-electron chi connectivity index (χ4n) is 1.37. The second-order valence-corrected chi connectivity index (χ2v) is 4.19. The highest BCUT2D eigenvalue weighted by atomic mass is 16.2. The quantitative estimate of drug-likeness (QED) is 0.790. The van der Waals surface area contributed by atoms with Crippen molar-refractivity contribution in [2.75, 3.05) is 5.32 Å².